The first-order valence-electron chi connectivity index (χ1n) is 5.86. The normalized spacial score (nSPS) is 19.9. The molecule has 6 nitrogen and oxygen atoms in total. The van der Waals surface area contributed by atoms with Gasteiger partial charge in [0.15, 0.2) is 5.69 Å². The van der Waals surface area contributed by atoms with Gasteiger partial charge in [-0.15, -0.1) is 10.2 Å². The van der Waals surface area contributed by atoms with Crippen molar-refractivity contribution in [2.75, 3.05) is 18.4 Å². The molecule has 1 aliphatic heterocycles. The molecule has 1 aromatic heterocycles. The van der Waals surface area contributed by atoms with E-state index in [9.17, 15) is 4.79 Å². The van der Waals surface area contributed by atoms with Gasteiger partial charge in [-0.25, -0.2) is 0 Å². The number of hydrogen-bond donors (Lipinski definition) is 3. The van der Waals surface area contributed by atoms with Gasteiger partial charge in [0.05, 0.1) is 0 Å². The van der Waals surface area contributed by atoms with Crippen LogP contribution in [0.25, 0.3) is 0 Å². The maximum Gasteiger partial charge on any atom is 0.269 e. The molecule has 2 heterocycles. The zero-order valence-electron chi connectivity index (χ0n) is 9.65. The largest absolute Gasteiger partial charge is 0.367 e. The fourth-order valence-corrected chi connectivity index (χ4v) is 1.88. The van der Waals surface area contributed by atoms with Gasteiger partial charge < -0.3 is 16.4 Å². The minimum Gasteiger partial charge on any atom is -0.367 e. The van der Waals surface area contributed by atoms with Crippen molar-refractivity contribution in [1.29, 1.82) is 0 Å². The van der Waals surface area contributed by atoms with E-state index >= 15 is 0 Å². The highest BCUT2D eigenvalue weighted by atomic mass is 16.1. The summed E-state index contributed by atoms with van der Waals surface area (Å²) in [7, 11) is 0. The van der Waals surface area contributed by atoms with E-state index in [4.69, 9.17) is 5.73 Å². The molecule has 0 spiro atoms. The van der Waals surface area contributed by atoms with Crippen LogP contribution in [0.15, 0.2) is 12.1 Å². The summed E-state index contributed by atoms with van der Waals surface area (Å²) in [6.45, 7) is 1.91. The highest BCUT2D eigenvalue weighted by Gasteiger charge is 2.12. The number of amides is 1. The summed E-state index contributed by atoms with van der Waals surface area (Å²) in [5.41, 5.74) is 5.27. The highest BCUT2D eigenvalue weighted by molar-refractivity contribution is 5.90. The van der Waals surface area contributed by atoms with Gasteiger partial charge in [0.25, 0.3) is 5.91 Å². The van der Waals surface area contributed by atoms with E-state index in [2.05, 4.69) is 20.8 Å². The second-order valence-corrected chi connectivity index (χ2v) is 4.20. The molecule has 1 aliphatic rings. The third-order valence-corrected chi connectivity index (χ3v) is 2.86. The number of carbonyl (C=O) groups excluding carboxylic acids is 1. The van der Waals surface area contributed by atoms with Gasteiger partial charge in [-0.1, -0.05) is 6.42 Å². The van der Waals surface area contributed by atoms with E-state index in [0.717, 1.165) is 13.1 Å². The van der Waals surface area contributed by atoms with E-state index in [1.807, 2.05) is 0 Å². The van der Waals surface area contributed by atoms with Crippen molar-refractivity contribution >= 4 is 11.7 Å². The Morgan fingerprint density at radius 1 is 1.47 bits per heavy atom. The molecule has 0 aliphatic carbocycles. The molecule has 1 saturated heterocycles. The van der Waals surface area contributed by atoms with E-state index in [-0.39, 0.29) is 5.69 Å². The third-order valence-electron chi connectivity index (χ3n) is 2.86. The number of primary amides is 1. The predicted molar refractivity (Wildman–Crippen MR) is 64.7 cm³/mol. The van der Waals surface area contributed by atoms with Gasteiger partial charge in [-0.05, 0) is 31.5 Å². The van der Waals surface area contributed by atoms with E-state index in [0.29, 0.717) is 11.9 Å². The van der Waals surface area contributed by atoms with Crippen molar-refractivity contribution in [2.45, 2.75) is 25.3 Å². The molecule has 92 valence electrons. The molecule has 2 rings (SSSR count). The summed E-state index contributed by atoms with van der Waals surface area (Å²) in [6, 6.07) is 3.78. The van der Waals surface area contributed by atoms with Crippen LogP contribution in [0.1, 0.15) is 29.8 Å². The first-order valence-corrected chi connectivity index (χ1v) is 5.86. The first-order chi connectivity index (χ1) is 8.25. The molecule has 6 heteroatoms. The van der Waals surface area contributed by atoms with Gasteiger partial charge in [-0.3, -0.25) is 4.79 Å². The molecule has 0 saturated carbocycles. The van der Waals surface area contributed by atoms with Gasteiger partial charge in [0, 0.05) is 12.6 Å². The third kappa shape index (κ3) is 3.39. The van der Waals surface area contributed by atoms with Crippen LogP contribution < -0.4 is 16.4 Å². The average Bonchev–Trinajstić information content (AvgIpc) is 2.38. The molecular formula is C11H17N5O. The van der Waals surface area contributed by atoms with Gasteiger partial charge >= 0.3 is 0 Å². The lowest BCUT2D eigenvalue weighted by Gasteiger charge is -2.23. The zero-order chi connectivity index (χ0) is 12.1. The Morgan fingerprint density at radius 2 is 2.35 bits per heavy atom. The monoisotopic (exact) mass is 235 g/mol. The molecule has 0 bridgehead atoms. The Bertz CT molecular complexity index is 372. The van der Waals surface area contributed by atoms with Crippen LogP contribution in [0.2, 0.25) is 0 Å². The molecule has 4 N–H and O–H groups in total. The Morgan fingerprint density at radius 3 is 2.94 bits per heavy atom. The van der Waals surface area contributed by atoms with Crippen molar-refractivity contribution in [3.63, 3.8) is 0 Å². The van der Waals surface area contributed by atoms with Crippen molar-refractivity contribution in [1.82, 2.24) is 15.5 Å². The number of rotatable bonds is 4. The fourth-order valence-electron chi connectivity index (χ4n) is 1.88. The van der Waals surface area contributed by atoms with Crippen LogP contribution in [-0.4, -0.2) is 35.2 Å². The minimum absolute atomic E-state index is 0.186. The van der Waals surface area contributed by atoms with Crippen LogP contribution in [0.3, 0.4) is 0 Å². The summed E-state index contributed by atoms with van der Waals surface area (Å²) >= 11 is 0. The number of anilines is 1. The summed E-state index contributed by atoms with van der Waals surface area (Å²) < 4.78 is 0. The first kappa shape index (κ1) is 11.8. The average molecular weight is 235 g/mol. The second kappa shape index (κ2) is 5.58. The number of hydrogen-bond acceptors (Lipinski definition) is 5. The number of aromatic nitrogens is 2. The van der Waals surface area contributed by atoms with E-state index < -0.39 is 5.91 Å². The molecule has 1 aromatic rings. The summed E-state index contributed by atoms with van der Waals surface area (Å²) in [4.78, 5) is 10.8. The Hall–Kier alpha value is -1.69. The number of carbonyl (C=O) groups is 1. The fraction of sp³-hybridized carbons (Fsp3) is 0.545. The summed E-state index contributed by atoms with van der Waals surface area (Å²) in [6.07, 6.45) is 3.70. The lowest BCUT2D eigenvalue weighted by atomic mass is 10.1. The van der Waals surface area contributed by atoms with Crippen molar-refractivity contribution < 1.29 is 4.79 Å². The maximum atomic E-state index is 10.8. The maximum absolute atomic E-state index is 10.8. The molecule has 1 atom stereocenters. The smallest absolute Gasteiger partial charge is 0.269 e. The standard InChI is InChI=1S/C11H17N5O/c12-11(17)9-4-5-10(16-15-9)14-7-8-3-1-2-6-13-8/h4-5,8,13H,1-3,6-7H2,(H2,12,17)(H,14,16). The lowest BCUT2D eigenvalue weighted by molar-refractivity contribution is 0.0994. The lowest BCUT2D eigenvalue weighted by Crippen LogP contribution is -2.39. The molecule has 0 radical (unpaired) electrons. The van der Waals surface area contributed by atoms with Crippen LogP contribution in [-0.2, 0) is 0 Å². The van der Waals surface area contributed by atoms with Crippen molar-refractivity contribution in [3.8, 4) is 0 Å². The Labute approximate surface area is 100.0 Å². The number of nitrogens with zero attached hydrogens (tertiary/aromatic N) is 2. The van der Waals surface area contributed by atoms with Gasteiger partial charge in [-0.2, -0.15) is 0 Å². The van der Waals surface area contributed by atoms with Crippen LogP contribution in [0.4, 0.5) is 5.82 Å². The van der Waals surface area contributed by atoms with Crippen molar-refractivity contribution in [2.24, 2.45) is 5.73 Å². The van der Waals surface area contributed by atoms with Crippen molar-refractivity contribution in [3.05, 3.63) is 17.8 Å². The second-order valence-electron chi connectivity index (χ2n) is 4.20. The van der Waals surface area contributed by atoms with Crippen LogP contribution in [0, 0.1) is 0 Å². The van der Waals surface area contributed by atoms with E-state index in [1.54, 1.807) is 12.1 Å². The molecule has 17 heavy (non-hydrogen) atoms. The van der Waals surface area contributed by atoms with Gasteiger partial charge in [0.2, 0.25) is 0 Å². The number of piperidine rings is 1. The molecular weight excluding hydrogens is 218 g/mol. The summed E-state index contributed by atoms with van der Waals surface area (Å²) in [5.74, 6) is 0.111. The number of nitrogens with two attached hydrogens (primary N) is 1. The quantitative estimate of drug-likeness (QED) is 0.689. The number of nitrogens with one attached hydrogen (secondary N) is 2. The topological polar surface area (TPSA) is 92.9 Å². The van der Waals surface area contributed by atoms with Crippen LogP contribution >= 0.6 is 0 Å². The molecule has 1 fully saturated rings. The predicted octanol–water partition coefficient (Wildman–Crippen LogP) is 0.130. The molecule has 0 aromatic carbocycles. The summed E-state index contributed by atoms with van der Waals surface area (Å²) in [5, 5.41) is 14.3. The van der Waals surface area contributed by atoms with E-state index in [1.165, 1.54) is 19.3 Å². The van der Waals surface area contributed by atoms with Gasteiger partial charge in [0.1, 0.15) is 5.82 Å². The molecule has 1 unspecified atom stereocenters. The highest BCUT2D eigenvalue weighted by Crippen LogP contribution is 2.08. The zero-order valence-corrected chi connectivity index (χ0v) is 9.65. The van der Waals surface area contributed by atoms with Crippen LogP contribution in [0.5, 0.6) is 0 Å². The Kier molecular flexibility index (Phi) is 3.87. The SMILES string of the molecule is NC(=O)c1ccc(NCC2CCCCN2)nn1. The Balaban J connectivity index is 1.84. The molecule has 1 amide bonds. The minimum atomic E-state index is -0.557.